The van der Waals surface area contributed by atoms with E-state index in [1.807, 2.05) is 6.07 Å². The van der Waals surface area contributed by atoms with Crippen LogP contribution in [0, 0.1) is 0 Å². The summed E-state index contributed by atoms with van der Waals surface area (Å²) in [6, 6.07) is 27.6. The standard InChI is InChI=1S/C20H18N2/c1-22-19-14-8-7-12-17(19)16-11-5-6-13-18(16)20(22)21-15-9-3-2-4-10-15/h2-14,20-21H,1H3. The predicted molar refractivity (Wildman–Crippen MR) is 93.1 cm³/mol. The molecule has 1 aliphatic rings. The lowest BCUT2D eigenvalue weighted by Gasteiger charge is -2.38. The number of hydrogen-bond donors (Lipinski definition) is 1. The van der Waals surface area contributed by atoms with Crippen molar-refractivity contribution < 1.29 is 0 Å². The second kappa shape index (κ2) is 5.23. The quantitative estimate of drug-likeness (QED) is 0.719. The summed E-state index contributed by atoms with van der Waals surface area (Å²) in [6.45, 7) is 0. The van der Waals surface area contributed by atoms with Crippen molar-refractivity contribution in [1.29, 1.82) is 0 Å². The van der Waals surface area contributed by atoms with Crippen LogP contribution in [0.5, 0.6) is 0 Å². The molecule has 0 saturated carbocycles. The lowest BCUT2D eigenvalue weighted by Crippen LogP contribution is -2.33. The van der Waals surface area contributed by atoms with E-state index in [0.29, 0.717) is 0 Å². The van der Waals surface area contributed by atoms with E-state index in [1.165, 1.54) is 22.4 Å². The number of para-hydroxylation sites is 2. The molecule has 0 aliphatic carbocycles. The first-order chi connectivity index (χ1) is 10.8. The molecule has 0 amide bonds. The maximum absolute atomic E-state index is 3.65. The van der Waals surface area contributed by atoms with E-state index in [4.69, 9.17) is 0 Å². The third-order valence-corrected chi connectivity index (χ3v) is 4.29. The number of benzene rings is 3. The van der Waals surface area contributed by atoms with Gasteiger partial charge in [-0.25, -0.2) is 0 Å². The van der Waals surface area contributed by atoms with Crippen molar-refractivity contribution >= 4 is 11.4 Å². The molecule has 1 unspecified atom stereocenters. The van der Waals surface area contributed by atoms with Gasteiger partial charge in [0.25, 0.3) is 0 Å². The van der Waals surface area contributed by atoms with Crippen LogP contribution in [0.15, 0.2) is 78.9 Å². The predicted octanol–water partition coefficient (Wildman–Crippen LogP) is 4.91. The van der Waals surface area contributed by atoms with Crippen LogP contribution in [0.1, 0.15) is 11.7 Å². The zero-order valence-electron chi connectivity index (χ0n) is 12.5. The van der Waals surface area contributed by atoms with Gasteiger partial charge < -0.3 is 10.2 Å². The molecule has 3 aromatic carbocycles. The average Bonchev–Trinajstić information content (AvgIpc) is 2.59. The Morgan fingerprint density at radius 2 is 1.36 bits per heavy atom. The molecule has 4 rings (SSSR count). The van der Waals surface area contributed by atoms with Crippen molar-refractivity contribution in [2.24, 2.45) is 0 Å². The van der Waals surface area contributed by atoms with Gasteiger partial charge in [-0.3, -0.25) is 0 Å². The van der Waals surface area contributed by atoms with Crippen molar-refractivity contribution in [2.45, 2.75) is 6.17 Å². The van der Waals surface area contributed by atoms with E-state index in [9.17, 15) is 0 Å². The first kappa shape index (κ1) is 13.0. The summed E-state index contributed by atoms with van der Waals surface area (Å²) >= 11 is 0. The monoisotopic (exact) mass is 286 g/mol. The maximum Gasteiger partial charge on any atom is 0.126 e. The van der Waals surface area contributed by atoms with Crippen LogP contribution in [0.3, 0.4) is 0 Å². The van der Waals surface area contributed by atoms with Gasteiger partial charge in [0, 0.05) is 29.5 Å². The molecule has 1 N–H and O–H groups in total. The number of anilines is 2. The molecular weight excluding hydrogens is 268 g/mol. The zero-order chi connectivity index (χ0) is 14.9. The molecule has 0 bridgehead atoms. The van der Waals surface area contributed by atoms with E-state index in [0.717, 1.165) is 5.69 Å². The highest BCUT2D eigenvalue weighted by atomic mass is 15.3. The van der Waals surface area contributed by atoms with Crippen LogP contribution in [0.4, 0.5) is 11.4 Å². The molecule has 2 nitrogen and oxygen atoms in total. The van der Waals surface area contributed by atoms with Gasteiger partial charge in [0.15, 0.2) is 0 Å². The topological polar surface area (TPSA) is 15.3 Å². The number of rotatable bonds is 2. The van der Waals surface area contributed by atoms with E-state index in [1.54, 1.807) is 0 Å². The Bertz CT molecular complexity index is 796. The second-order valence-corrected chi connectivity index (χ2v) is 5.63. The van der Waals surface area contributed by atoms with Gasteiger partial charge >= 0.3 is 0 Å². The molecule has 0 saturated heterocycles. The van der Waals surface area contributed by atoms with Crippen LogP contribution in [0.25, 0.3) is 11.1 Å². The summed E-state index contributed by atoms with van der Waals surface area (Å²) in [7, 11) is 2.15. The number of nitrogens with one attached hydrogen (secondary N) is 1. The molecule has 1 aliphatic heterocycles. The largest absolute Gasteiger partial charge is 0.361 e. The number of hydrogen-bond acceptors (Lipinski definition) is 2. The van der Waals surface area contributed by atoms with E-state index < -0.39 is 0 Å². The summed E-state index contributed by atoms with van der Waals surface area (Å²) in [5, 5.41) is 3.65. The van der Waals surface area contributed by atoms with Crippen LogP contribution < -0.4 is 10.2 Å². The Morgan fingerprint density at radius 3 is 2.18 bits per heavy atom. The summed E-state index contributed by atoms with van der Waals surface area (Å²) in [4.78, 5) is 2.31. The summed E-state index contributed by atoms with van der Waals surface area (Å²) < 4.78 is 0. The molecule has 0 fully saturated rings. The van der Waals surface area contributed by atoms with E-state index >= 15 is 0 Å². The van der Waals surface area contributed by atoms with E-state index in [-0.39, 0.29) is 6.17 Å². The first-order valence-corrected chi connectivity index (χ1v) is 7.57. The molecule has 1 heterocycles. The van der Waals surface area contributed by atoms with Crippen molar-refractivity contribution in [2.75, 3.05) is 17.3 Å². The molecule has 0 radical (unpaired) electrons. The minimum absolute atomic E-state index is 0.133. The smallest absolute Gasteiger partial charge is 0.126 e. The second-order valence-electron chi connectivity index (χ2n) is 5.63. The highest BCUT2D eigenvalue weighted by Gasteiger charge is 2.27. The van der Waals surface area contributed by atoms with E-state index in [2.05, 4.69) is 90.1 Å². The van der Waals surface area contributed by atoms with Gasteiger partial charge in [-0.15, -0.1) is 0 Å². The SMILES string of the molecule is CN1c2ccccc2-c2ccccc2C1Nc1ccccc1. The minimum Gasteiger partial charge on any atom is -0.361 e. The van der Waals surface area contributed by atoms with Crippen LogP contribution in [-0.4, -0.2) is 7.05 Å². The summed E-state index contributed by atoms with van der Waals surface area (Å²) in [5.41, 5.74) is 6.31. The average molecular weight is 286 g/mol. The van der Waals surface area contributed by atoms with Gasteiger partial charge in [-0.1, -0.05) is 60.7 Å². The lowest BCUT2D eigenvalue weighted by atomic mass is 9.91. The molecule has 108 valence electrons. The van der Waals surface area contributed by atoms with Crippen molar-refractivity contribution in [3.05, 3.63) is 84.4 Å². The summed E-state index contributed by atoms with van der Waals surface area (Å²) in [5.74, 6) is 0. The van der Waals surface area contributed by atoms with Crippen LogP contribution in [0.2, 0.25) is 0 Å². The third kappa shape index (κ3) is 2.04. The molecule has 0 spiro atoms. The van der Waals surface area contributed by atoms with Gasteiger partial charge in [-0.05, 0) is 23.8 Å². The van der Waals surface area contributed by atoms with Gasteiger partial charge in [0.1, 0.15) is 6.17 Å². The Kier molecular flexibility index (Phi) is 3.08. The molecule has 22 heavy (non-hydrogen) atoms. The van der Waals surface area contributed by atoms with Gasteiger partial charge in [0.05, 0.1) is 0 Å². The molecule has 2 heteroatoms. The van der Waals surface area contributed by atoms with Crippen LogP contribution in [-0.2, 0) is 0 Å². The highest BCUT2D eigenvalue weighted by Crippen LogP contribution is 2.43. The van der Waals surface area contributed by atoms with Gasteiger partial charge in [-0.2, -0.15) is 0 Å². The Morgan fingerprint density at radius 1 is 0.727 bits per heavy atom. The number of nitrogens with zero attached hydrogens (tertiary/aromatic N) is 1. The maximum atomic E-state index is 3.65. The lowest BCUT2D eigenvalue weighted by molar-refractivity contribution is 0.748. The minimum atomic E-state index is 0.133. The molecule has 3 aromatic rings. The van der Waals surface area contributed by atoms with Crippen molar-refractivity contribution in [1.82, 2.24) is 0 Å². The summed E-state index contributed by atoms with van der Waals surface area (Å²) in [6.07, 6.45) is 0.133. The molecule has 1 atom stereocenters. The zero-order valence-corrected chi connectivity index (χ0v) is 12.5. The fourth-order valence-corrected chi connectivity index (χ4v) is 3.20. The Hall–Kier alpha value is -2.74. The number of fused-ring (bicyclic) bond motifs is 3. The van der Waals surface area contributed by atoms with Crippen molar-refractivity contribution in [3.63, 3.8) is 0 Å². The van der Waals surface area contributed by atoms with Gasteiger partial charge in [0.2, 0.25) is 0 Å². The highest BCUT2D eigenvalue weighted by molar-refractivity contribution is 5.85. The third-order valence-electron chi connectivity index (χ3n) is 4.29. The molecular formula is C20H18N2. The Balaban J connectivity index is 1.83. The fourth-order valence-electron chi connectivity index (χ4n) is 3.20. The first-order valence-electron chi connectivity index (χ1n) is 7.57. The van der Waals surface area contributed by atoms with Crippen molar-refractivity contribution in [3.8, 4) is 11.1 Å². The normalized spacial score (nSPS) is 15.9. The fraction of sp³-hybridized carbons (Fsp3) is 0.100. The Labute approximate surface area is 131 Å². The molecule has 0 aromatic heterocycles. The van der Waals surface area contributed by atoms with Crippen LogP contribution >= 0.6 is 0 Å².